The van der Waals surface area contributed by atoms with Gasteiger partial charge in [0.2, 0.25) is 12.7 Å². The second-order valence-corrected chi connectivity index (χ2v) is 5.33. The summed E-state index contributed by atoms with van der Waals surface area (Å²) in [5.74, 6) is 1.07. The molecular formula is C13H11NO4S. The standard InChI is InChI=1S/C13H11NO4S/c14-12(16)4-7-3-9-8(10(15)5-19-7)1-2-11-13(9)18-6-17-11/h1-3H,4-6H2,(H2,14,16). The van der Waals surface area contributed by atoms with Crippen molar-refractivity contribution in [1.29, 1.82) is 0 Å². The number of fused-ring (bicyclic) bond motifs is 3. The Hall–Kier alpha value is -1.95. The predicted octanol–water partition coefficient (Wildman–Crippen LogP) is 1.56. The van der Waals surface area contributed by atoms with Crippen LogP contribution in [0.25, 0.3) is 6.08 Å². The fourth-order valence-corrected chi connectivity index (χ4v) is 3.01. The molecule has 2 N–H and O–H groups in total. The maximum Gasteiger partial charge on any atom is 0.231 e. The number of carbonyl (C=O) groups is 2. The van der Waals surface area contributed by atoms with Gasteiger partial charge in [0, 0.05) is 11.1 Å². The van der Waals surface area contributed by atoms with E-state index in [1.54, 1.807) is 18.2 Å². The number of hydrogen-bond acceptors (Lipinski definition) is 5. The van der Waals surface area contributed by atoms with Crippen LogP contribution in [0.15, 0.2) is 17.0 Å². The quantitative estimate of drug-likeness (QED) is 0.887. The van der Waals surface area contributed by atoms with Crippen LogP contribution in [-0.4, -0.2) is 24.2 Å². The van der Waals surface area contributed by atoms with E-state index in [-0.39, 0.29) is 19.0 Å². The van der Waals surface area contributed by atoms with Crippen LogP contribution in [0, 0.1) is 0 Å². The molecule has 1 aromatic rings. The molecule has 19 heavy (non-hydrogen) atoms. The van der Waals surface area contributed by atoms with Gasteiger partial charge in [-0.25, -0.2) is 0 Å². The molecule has 1 amide bonds. The molecule has 6 heteroatoms. The highest BCUT2D eigenvalue weighted by Gasteiger charge is 2.25. The third-order valence-corrected chi connectivity index (χ3v) is 3.96. The number of ketones is 1. The van der Waals surface area contributed by atoms with Crippen molar-refractivity contribution < 1.29 is 19.1 Å². The average Bonchev–Trinajstić information content (AvgIpc) is 2.78. The van der Waals surface area contributed by atoms with Crippen molar-refractivity contribution in [2.45, 2.75) is 6.42 Å². The van der Waals surface area contributed by atoms with E-state index >= 15 is 0 Å². The van der Waals surface area contributed by atoms with Crippen molar-refractivity contribution in [2.75, 3.05) is 12.5 Å². The van der Waals surface area contributed by atoms with Crippen molar-refractivity contribution in [3.8, 4) is 11.5 Å². The highest BCUT2D eigenvalue weighted by atomic mass is 32.2. The first-order chi connectivity index (χ1) is 9.15. The second-order valence-electron chi connectivity index (χ2n) is 4.23. The Labute approximate surface area is 113 Å². The van der Waals surface area contributed by atoms with Crippen LogP contribution >= 0.6 is 11.8 Å². The van der Waals surface area contributed by atoms with Crippen LogP contribution in [-0.2, 0) is 4.79 Å². The number of hydrogen-bond donors (Lipinski definition) is 1. The van der Waals surface area contributed by atoms with Crippen molar-refractivity contribution in [1.82, 2.24) is 0 Å². The zero-order valence-electron chi connectivity index (χ0n) is 9.97. The van der Waals surface area contributed by atoms with Gasteiger partial charge in [0.25, 0.3) is 0 Å². The molecule has 1 aromatic carbocycles. The average molecular weight is 277 g/mol. The van der Waals surface area contributed by atoms with Crippen LogP contribution in [0.2, 0.25) is 0 Å². The number of thioether (sulfide) groups is 1. The Morgan fingerprint density at radius 3 is 3.00 bits per heavy atom. The molecule has 2 aliphatic heterocycles. The normalized spacial score (nSPS) is 16.6. The van der Waals surface area contributed by atoms with Crippen LogP contribution in [0.4, 0.5) is 0 Å². The van der Waals surface area contributed by atoms with Crippen LogP contribution in [0.1, 0.15) is 22.3 Å². The van der Waals surface area contributed by atoms with Crippen molar-refractivity contribution in [3.63, 3.8) is 0 Å². The molecule has 0 radical (unpaired) electrons. The molecule has 2 heterocycles. The summed E-state index contributed by atoms with van der Waals surface area (Å²) in [5.41, 5.74) is 6.48. The van der Waals surface area contributed by atoms with Gasteiger partial charge in [-0.3, -0.25) is 9.59 Å². The monoisotopic (exact) mass is 277 g/mol. The summed E-state index contributed by atoms with van der Waals surface area (Å²) in [5, 5.41) is 0. The number of primary amides is 1. The third kappa shape index (κ3) is 2.19. The molecule has 0 saturated heterocycles. The molecule has 0 aromatic heterocycles. The maximum absolute atomic E-state index is 12.1. The Kier molecular flexibility index (Phi) is 2.94. The summed E-state index contributed by atoms with van der Waals surface area (Å²) < 4.78 is 10.7. The van der Waals surface area contributed by atoms with Crippen molar-refractivity contribution in [3.05, 3.63) is 28.2 Å². The van der Waals surface area contributed by atoms with E-state index in [1.807, 2.05) is 0 Å². The lowest BCUT2D eigenvalue weighted by molar-refractivity contribution is -0.117. The maximum atomic E-state index is 12.1. The number of ether oxygens (including phenoxy) is 2. The first-order valence-corrected chi connectivity index (χ1v) is 6.71. The second kappa shape index (κ2) is 4.62. The molecule has 0 bridgehead atoms. The van der Waals surface area contributed by atoms with E-state index in [0.29, 0.717) is 28.4 Å². The summed E-state index contributed by atoms with van der Waals surface area (Å²) in [7, 11) is 0. The van der Waals surface area contributed by atoms with Crippen molar-refractivity contribution in [2.24, 2.45) is 5.73 Å². The minimum absolute atomic E-state index is 0.00835. The largest absolute Gasteiger partial charge is 0.454 e. The lowest BCUT2D eigenvalue weighted by Gasteiger charge is -2.05. The molecule has 0 aliphatic carbocycles. The van der Waals surface area contributed by atoms with E-state index in [1.165, 1.54) is 11.8 Å². The number of rotatable bonds is 2. The minimum atomic E-state index is -0.417. The number of Topliss-reactive ketones (excluding diaryl/α,β-unsaturated/α-hetero) is 1. The van der Waals surface area contributed by atoms with Gasteiger partial charge in [-0.15, -0.1) is 11.8 Å². The molecule has 0 saturated carbocycles. The van der Waals surface area contributed by atoms with Crippen LogP contribution < -0.4 is 15.2 Å². The van der Waals surface area contributed by atoms with Crippen LogP contribution in [0.5, 0.6) is 11.5 Å². The number of nitrogens with two attached hydrogens (primary N) is 1. The first-order valence-electron chi connectivity index (χ1n) is 5.72. The smallest absolute Gasteiger partial charge is 0.231 e. The van der Waals surface area contributed by atoms with Gasteiger partial charge < -0.3 is 15.2 Å². The molecule has 0 atom stereocenters. The minimum Gasteiger partial charge on any atom is -0.454 e. The summed E-state index contributed by atoms with van der Waals surface area (Å²) in [6.45, 7) is 0.145. The predicted molar refractivity (Wildman–Crippen MR) is 71.1 cm³/mol. The number of benzene rings is 1. The molecule has 98 valence electrons. The van der Waals surface area contributed by atoms with Gasteiger partial charge in [0.05, 0.1) is 12.2 Å². The summed E-state index contributed by atoms with van der Waals surface area (Å²) in [6.07, 6.45) is 1.92. The number of carbonyl (C=O) groups excluding carboxylic acids is 2. The fraction of sp³-hybridized carbons (Fsp3) is 0.231. The van der Waals surface area contributed by atoms with Gasteiger partial charge in [-0.2, -0.15) is 0 Å². The molecular weight excluding hydrogens is 266 g/mol. The van der Waals surface area contributed by atoms with Gasteiger partial charge in [-0.05, 0) is 23.1 Å². The molecule has 5 nitrogen and oxygen atoms in total. The summed E-state index contributed by atoms with van der Waals surface area (Å²) in [4.78, 5) is 23.9. The Morgan fingerprint density at radius 1 is 1.37 bits per heavy atom. The summed E-state index contributed by atoms with van der Waals surface area (Å²) >= 11 is 1.34. The van der Waals surface area contributed by atoms with Crippen LogP contribution in [0.3, 0.4) is 0 Å². The summed E-state index contributed by atoms with van der Waals surface area (Å²) in [6, 6.07) is 3.46. The third-order valence-electron chi connectivity index (χ3n) is 2.92. The van der Waals surface area contributed by atoms with E-state index in [9.17, 15) is 9.59 Å². The van der Waals surface area contributed by atoms with E-state index in [4.69, 9.17) is 15.2 Å². The SMILES string of the molecule is NC(=O)CC1=Cc2c(ccc3c2OCO3)C(=O)CS1. The zero-order chi connectivity index (χ0) is 13.4. The van der Waals surface area contributed by atoms with Gasteiger partial charge >= 0.3 is 0 Å². The molecule has 0 fully saturated rings. The lowest BCUT2D eigenvalue weighted by atomic mass is 10.0. The lowest BCUT2D eigenvalue weighted by Crippen LogP contribution is -2.10. The molecule has 2 aliphatic rings. The first kappa shape index (κ1) is 12.1. The highest BCUT2D eigenvalue weighted by Crippen LogP contribution is 2.41. The van der Waals surface area contributed by atoms with E-state index < -0.39 is 5.91 Å². The van der Waals surface area contributed by atoms with E-state index in [0.717, 1.165) is 4.91 Å². The van der Waals surface area contributed by atoms with Crippen molar-refractivity contribution >= 4 is 29.5 Å². The molecule has 0 unspecified atom stereocenters. The van der Waals surface area contributed by atoms with E-state index in [2.05, 4.69) is 0 Å². The van der Waals surface area contributed by atoms with Gasteiger partial charge in [0.15, 0.2) is 17.3 Å². The number of amides is 1. The van der Waals surface area contributed by atoms with Gasteiger partial charge in [0.1, 0.15) is 0 Å². The Morgan fingerprint density at radius 2 is 2.21 bits per heavy atom. The fourth-order valence-electron chi connectivity index (χ4n) is 2.09. The highest BCUT2D eigenvalue weighted by molar-refractivity contribution is 8.03. The Balaban J connectivity index is 2.12. The Bertz CT molecular complexity index is 609. The van der Waals surface area contributed by atoms with Gasteiger partial charge in [-0.1, -0.05) is 0 Å². The molecule has 0 spiro atoms. The zero-order valence-corrected chi connectivity index (χ0v) is 10.8. The topological polar surface area (TPSA) is 78.6 Å². The molecule has 3 rings (SSSR count).